The molecule has 1 heterocycles. The van der Waals surface area contributed by atoms with E-state index in [0.717, 1.165) is 12.1 Å². The molecule has 0 aliphatic heterocycles. The Kier molecular flexibility index (Phi) is 5.82. The molecule has 0 saturated heterocycles. The number of H-pyrrole nitrogens is 1. The number of aromatic nitrogens is 3. The van der Waals surface area contributed by atoms with Crippen molar-refractivity contribution in [3.05, 3.63) is 64.2 Å². The smallest absolute Gasteiger partial charge is 0.270 e. The Morgan fingerprint density at radius 2 is 2.04 bits per heavy atom. The first-order valence-electron chi connectivity index (χ1n) is 8.24. The van der Waals surface area contributed by atoms with Gasteiger partial charge in [-0.3, -0.25) is 20.0 Å². The number of benzene rings is 2. The van der Waals surface area contributed by atoms with E-state index >= 15 is 0 Å². The van der Waals surface area contributed by atoms with Crippen LogP contribution < -0.4 is 5.32 Å². The Labute approximate surface area is 159 Å². The second-order valence-electron chi connectivity index (χ2n) is 5.66. The lowest BCUT2D eigenvalue weighted by atomic mass is 10.1. The van der Waals surface area contributed by atoms with Crippen LogP contribution in [0.4, 0.5) is 11.4 Å². The van der Waals surface area contributed by atoms with Gasteiger partial charge in [-0.05, 0) is 24.1 Å². The third-order valence-electron chi connectivity index (χ3n) is 3.77. The molecular formula is C18H17N5O3S. The molecule has 0 aliphatic rings. The van der Waals surface area contributed by atoms with Gasteiger partial charge in [0, 0.05) is 23.4 Å². The average molecular weight is 383 g/mol. The molecule has 0 spiro atoms. The molecule has 3 rings (SSSR count). The van der Waals surface area contributed by atoms with E-state index in [9.17, 15) is 14.9 Å². The molecule has 0 saturated carbocycles. The zero-order chi connectivity index (χ0) is 19.2. The number of aryl methyl sites for hydroxylation is 1. The number of nitrogens with one attached hydrogen (secondary N) is 2. The summed E-state index contributed by atoms with van der Waals surface area (Å²) in [7, 11) is 0. The first-order valence-corrected chi connectivity index (χ1v) is 9.22. The summed E-state index contributed by atoms with van der Waals surface area (Å²) in [6.07, 6.45) is 0.946. The molecule has 0 bridgehead atoms. The highest BCUT2D eigenvalue weighted by molar-refractivity contribution is 7.99. The SMILES string of the molecule is CCc1ccc(NC(=O)CSc2n[nH]c(-c3cccc([N+](=O)[O-])c3)n2)cc1. The van der Waals surface area contributed by atoms with Crippen molar-refractivity contribution < 1.29 is 9.72 Å². The Hall–Kier alpha value is -3.20. The number of non-ortho nitro benzene ring substituents is 1. The summed E-state index contributed by atoms with van der Waals surface area (Å²) < 4.78 is 0. The molecule has 9 heteroatoms. The molecule has 1 aromatic heterocycles. The van der Waals surface area contributed by atoms with Gasteiger partial charge in [0.25, 0.3) is 5.69 Å². The molecule has 2 N–H and O–H groups in total. The predicted molar refractivity (Wildman–Crippen MR) is 104 cm³/mol. The van der Waals surface area contributed by atoms with Crippen LogP contribution in [0.1, 0.15) is 12.5 Å². The van der Waals surface area contributed by atoms with Gasteiger partial charge in [-0.2, -0.15) is 0 Å². The summed E-state index contributed by atoms with van der Waals surface area (Å²) in [5, 5.41) is 20.9. The molecule has 27 heavy (non-hydrogen) atoms. The van der Waals surface area contributed by atoms with Crippen LogP contribution >= 0.6 is 11.8 Å². The number of nitrogens with zero attached hydrogens (tertiary/aromatic N) is 3. The fraction of sp³-hybridized carbons (Fsp3) is 0.167. The number of carbonyl (C=O) groups is 1. The largest absolute Gasteiger partial charge is 0.325 e. The molecule has 0 unspecified atom stereocenters. The monoisotopic (exact) mass is 383 g/mol. The predicted octanol–water partition coefficient (Wildman–Crippen LogP) is 3.67. The van der Waals surface area contributed by atoms with Crippen LogP contribution in [0.25, 0.3) is 11.4 Å². The van der Waals surface area contributed by atoms with Crippen molar-refractivity contribution in [3.8, 4) is 11.4 Å². The van der Waals surface area contributed by atoms with E-state index in [0.29, 0.717) is 16.5 Å². The van der Waals surface area contributed by atoms with Gasteiger partial charge in [0.2, 0.25) is 11.1 Å². The standard InChI is InChI=1S/C18H17N5O3S/c1-2-12-6-8-14(9-7-12)19-16(24)11-27-18-20-17(21-22-18)13-4-3-5-15(10-13)23(25)26/h3-10H,2,11H2,1H3,(H,19,24)(H,20,21,22). The van der Waals surface area contributed by atoms with Crippen molar-refractivity contribution >= 4 is 29.0 Å². The Bertz CT molecular complexity index is 956. The highest BCUT2D eigenvalue weighted by Crippen LogP contribution is 2.23. The van der Waals surface area contributed by atoms with Crippen molar-refractivity contribution in [2.24, 2.45) is 0 Å². The Balaban J connectivity index is 1.58. The lowest BCUT2D eigenvalue weighted by Crippen LogP contribution is -2.14. The van der Waals surface area contributed by atoms with Crippen LogP contribution in [0.15, 0.2) is 53.7 Å². The van der Waals surface area contributed by atoms with E-state index in [1.165, 1.54) is 29.5 Å². The van der Waals surface area contributed by atoms with Crippen LogP contribution in [0, 0.1) is 10.1 Å². The van der Waals surface area contributed by atoms with E-state index < -0.39 is 4.92 Å². The van der Waals surface area contributed by atoms with Gasteiger partial charge < -0.3 is 5.32 Å². The molecule has 2 aromatic carbocycles. The maximum Gasteiger partial charge on any atom is 0.270 e. The number of carbonyl (C=O) groups excluding carboxylic acids is 1. The first-order chi connectivity index (χ1) is 13.0. The molecule has 0 atom stereocenters. The number of amides is 1. The van der Waals surface area contributed by atoms with Gasteiger partial charge in [0.1, 0.15) is 0 Å². The minimum absolute atomic E-state index is 0.0217. The van der Waals surface area contributed by atoms with Gasteiger partial charge >= 0.3 is 0 Å². The lowest BCUT2D eigenvalue weighted by Gasteiger charge is -2.04. The van der Waals surface area contributed by atoms with Crippen LogP contribution in [-0.2, 0) is 11.2 Å². The number of thioether (sulfide) groups is 1. The lowest BCUT2D eigenvalue weighted by molar-refractivity contribution is -0.384. The molecule has 0 aliphatic carbocycles. The van der Waals surface area contributed by atoms with Crippen molar-refractivity contribution in [1.82, 2.24) is 15.2 Å². The number of anilines is 1. The van der Waals surface area contributed by atoms with E-state index in [2.05, 4.69) is 27.4 Å². The fourth-order valence-electron chi connectivity index (χ4n) is 2.36. The summed E-state index contributed by atoms with van der Waals surface area (Å²) in [6, 6.07) is 13.8. The third kappa shape index (κ3) is 4.91. The zero-order valence-corrected chi connectivity index (χ0v) is 15.3. The van der Waals surface area contributed by atoms with Crippen LogP contribution in [0.2, 0.25) is 0 Å². The van der Waals surface area contributed by atoms with Crippen molar-refractivity contribution in [1.29, 1.82) is 0 Å². The molecule has 0 fully saturated rings. The highest BCUT2D eigenvalue weighted by atomic mass is 32.2. The number of aromatic amines is 1. The maximum absolute atomic E-state index is 12.1. The summed E-state index contributed by atoms with van der Waals surface area (Å²) >= 11 is 1.18. The fourth-order valence-corrected chi connectivity index (χ4v) is 2.96. The van der Waals surface area contributed by atoms with E-state index in [1.54, 1.807) is 12.1 Å². The topological polar surface area (TPSA) is 114 Å². The number of nitro benzene ring substituents is 1. The first kappa shape index (κ1) is 18.6. The number of nitro groups is 1. The number of hydrogen-bond acceptors (Lipinski definition) is 6. The van der Waals surface area contributed by atoms with E-state index in [4.69, 9.17) is 0 Å². The van der Waals surface area contributed by atoms with Crippen molar-refractivity contribution in [3.63, 3.8) is 0 Å². The summed E-state index contributed by atoms with van der Waals surface area (Å²) in [6.45, 7) is 2.07. The Morgan fingerprint density at radius 3 is 2.74 bits per heavy atom. The van der Waals surface area contributed by atoms with Gasteiger partial charge in [-0.25, -0.2) is 4.98 Å². The highest BCUT2D eigenvalue weighted by Gasteiger charge is 2.12. The van der Waals surface area contributed by atoms with E-state index in [1.807, 2.05) is 24.3 Å². The Morgan fingerprint density at radius 1 is 1.26 bits per heavy atom. The quantitative estimate of drug-likeness (QED) is 0.365. The maximum atomic E-state index is 12.1. The van der Waals surface area contributed by atoms with Crippen molar-refractivity contribution in [2.75, 3.05) is 11.1 Å². The normalized spacial score (nSPS) is 10.6. The molecular weight excluding hydrogens is 366 g/mol. The third-order valence-corrected chi connectivity index (χ3v) is 4.62. The molecule has 0 radical (unpaired) electrons. The second-order valence-corrected chi connectivity index (χ2v) is 6.60. The summed E-state index contributed by atoms with van der Waals surface area (Å²) in [4.78, 5) is 26.7. The summed E-state index contributed by atoms with van der Waals surface area (Å²) in [5.74, 6) is 0.407. The minimum Gasteiger partial charge on any atom is -0.325 e. The van der Waals surface area contributed by atoms with Gasteiger partial charge in [-0.15, -0.1) is 5.10 Å². The van der Waals surface area contributed by atoms with Gasteiger partial charge in [0.15, 0.2) is 5.82 Å². The van der Waals surface area contributed by atoms with Gasteiger partial charge in [-0.1, -0.05) is 43.0 Å². The molecule has 8 nitrogen and oxygen atoms in total. The summed E-state index contributed by atoms with van der Waals surface area (Å²) in [5.41, 5.74) is 2.48. The molecule has 138 valence electrons. The average Bonchev–Trinajstić information content (AvgIpc) is 3.16. The molecule has 1 amide bonds. The van der Waals surface area contributed by atoms with Gasteiger partial charge in [0.05, 0.1) is 10.7 Å². The van der Waals surface area contributed by atoms with Crippen LogP contribution in [0.5, 0.6) is 0 Å². The van der Waals surface area contributed by atoms with Crippen molar-refractivity contribution in [2.45, 2.75) is 18.5 Å². The van der Waals surface area contributed by atoms with E-state index in [-0.39, 0.29) is 17.3 Å². The number of rotatable bonds is 7. The van der Waals surface area contributed by atoms with Crippen LogP contribution in [0.3, 0.4) is 0 Å². The van der Waals surface area contributed by atoms with Crippen LogP contribution in [-0.4, -0.2) is 31.8 Å². The zero-order valence-electron chi connectivity index (χ0n) is 14.5. The second kappa shape index (κ2) is 8.45. The number of hydrogen-bond donors (Lipinski definition) is 2. The minimum atomic E-state index is -0.465. The molecule has 3 aromatic rings.